The van der Waals surface area contributed by atoms with E-state index in [1.54, 1.807) is 0 Å². The lowest BCUT2D eigenvalue weighted by atomic mass is 10.0. The molecule has 0 bridgehead atoms. The maximum Gasteiger partial charge on any atom is 0.0767 e. The van der Waals surface area contributed by atoms with Gasteiger partial charge in [-0.25, -0.2) is 0 Å². The fourth-order valence-electron chi connectivity index (χ4n) is 2.30. The number of nitrogens with one attached hydrogen (secondary N) is 1. The maximum atomic E-state index is 4.32. The van der Waals surface area contributed by atoms with Gasteiger partial charge in [-0.05, 0) is 32.0 Å². The Kier molecular flexibility index (Phi) is 4.27. The van der Waals surface area contributed by atoms with Crippen LogP contribution in [0.15, 0.2) is 18.3 Å². The van der Waals surface area contributed by atoms with E-state index in [1.165, 1.54) is 5.56 Å². The molecule has 0 aromatic carbocycles. The van der Waals surface area contributed by atoms with Gasteiger partial charge in [-0.15, -0.1) is 0 Å². The Hall–Kier alpha value is -1.75. The van der Waals surface area contributed by atoms with E-state index in [4.69, 9.17) is 0 Å². The summed E-state index contributed by atoms with van der Waals surface area (Å²) in [7, 11) is 1.97. The van der Waals surface area contributed by atoms with Gasteiger partial charge >= 0.3 is 0 Å². The molecule has 1 unspecified atom stereocenters. The molecular formula is C14H21N5. The highest BCUT2D eigenvalue weighted by molar-refractivity contribution is 5.31. The quantitative estimate of drug-likeness (QED) is 0.889. The largest absolute Gasteiger partial charge is 0.305 e. The van der Waals surface area contributed by atoms with Crippen LogP contribution in [0.1, 0.15) is 42.5 Å². The van der Waals surface area contributed by atoms with Crippen LogP contribution in [0.25, 0.3) is 0 Å². The Morgan fingerprint density at radius 3 is 2.68 bits per heavy atom. The highest BCUT2D eigenvalue weighted by Gasteiger charge is 2.20. The molecule has 0 aliphatic rings. The molecule has 0 aliphatic carbocycles. The van der Waals surface area contributed by atoms with E-state index in [0.29, 0.717) is 0 Å². The molecule has 5 nitrogen and oxygen atoms in total. The molecule has 1 atom stereocenters. The van der Waals surface area contributed by atoms with Crippen LogP contribution in [0.3, 0.4) is 0 Å². The molecule has 0 amide bonds. The van der Waals surface area contributed by atoms with Gasteiger partial charge < -0.3 is 5.32 Å². The van der Waals surface area contributed by atoms with Crippen molar-refractivity contribution in [3.8, 4) is 0 Å². The molecule has 2 heterocycles. The average Bonchev–Trinajstić information content (AvgIpc) is 2.82. The van der Waals surface area contributed by atoms with Crippen molar-refractivity contribution in [2.24, 2.45) is 7.05 Å². The summed E-state index contributed by atoms with van der Waals surface area (Å²) in [4.78, 5) is 0. The van der Waals surface area contributed by atoms with Crippen molar-refractivity contribution in [2.75, 3.05) is 6.54 Å². The van der Waals surface area contributed by atoms with Gasteiger partial charge in [0.25, 0.3) is 0 Å². The highest BCUT2D eigenvalue weighted by Crippen LogP contribution is 2.24. The van der Waals surface area contributed by atoms with Crippen LogP contribution in [0.4, 0.5) is 0 Å². The number of aryl methyl sites for hydroxylation is 3. The minimum absolute atomic E-state index is 0.113. The van der Waals surface area contributed by atoms with Crippen molar-refractivity contribution in [2.45, 2.75) is 33.2 Å². The molecule has 0 saturated heterocycles. The number of hydrogen-bond donors (Lipinski definition) is 1. The minimum atomic E-state index is 0.113. The lowest BCUT2D eigenvalue weighted by molar-refractivity contribution is 0.564. The summed E-state index contributed by atoms with van der Waals surface area (Å²) in [6, 6.07) is 4.27. The zero-order chi connectivity index (χ0) is 13.8. The van der Waals surface area contributed by atoms with Crippen LogP contribution >= 0.6 is 0 Å². The van der Waals surface area contributed by atoms with Gasteiger partial charge in [-0.3, -0.25) is 4.68 Å². The molecule has 1 N–H and O–H groups in total. The standard InChI is InChI=1S/C14H21N5/c1-5-12-11(9-10(3)17-18-12)14(15-6-2)13-7-8-16-19(13)4/h7-9,14-15H,5-6H2,1-4H3. The summed E-state index contributed by atoms with van der Waals surface area (Å²) in [6.45, 7) is 7.08. The average molecular weight is 259 g/mol. The van der Waals surface area contributed by atoms with Gasteiger partial charge in [0, 0.05) is 18.8 Å². The van der Waals surface area contributed by atoms with Crippen molar-refractivity contribution < 1.29 is 0 Å². The van der Waals surface area contributed by atoms with E-state index in [1.807, 2.05) is 30.9 Å². The molecule has 0 fully saturated rings. The van der Waals surface area contributed by atoms with Gasteiger partial charge in [0.15, 0.2) is 0 Å². The van der Waals surface area contributed by atoms with E-state index in [9.17, 15) is 0 Å². The van der Waals surface area contributed by atoms with Crippen molar-refractivity contribution in [1.29, 1.82) is 0 Å². The van der Waals surface area contributed by atoms with E-state index >= 15 is 0 Å². The predicted octanol–water partition coefficient (Wildman–Crippen LogP) is 1.78. The summed E-state index contributed by atoms with van der Waals surface area (Å²) in [5.41, 5.74) is 4.32. The zero-order valence-corrected chi connectivity index (χ0v) is 12.0. The fourth-order valence-corrected chi connectivity index (χ4v) is 2.30. The van der Waals surface area contributed by atoms with Crippen LogP contribution in [-0.2, 0) is 13.5 Å². The molecule has 2 aromatic heterocycles. The van der Waals surface area contributed by atoms with Gasteiger partial charge in [0.1, 0.15) is 0 Å². The first-order chi connectivity index (χ1) is 9.17. The molecule has 0 aliphatic heterocycles. The molecule has 5 heteroatoms. The molecule has 2 aromatic rings. The van der Waals surface area contributed by atoms with Crippen LogP contribution in [0.2, 0.25) is 0 Å². The van der Waals surface area contributed by atoms with Gasteiger partial charge in [0.05, 0.1) is 23.1 Å². The Labute approximate surface area is 114 Å². The third kappa shape index (κ3) is 2.81. The van der Waals surface area contributed by atoms with Gasteiger partial charge in [-0.1, -0.05) is 13.8 Å². The van der Waals surface area contributed by atoms with E-state index in [-0.39, 0.29) is 6.04 Å². The number of rotatable bonds is 5. The first-order valence-corrected chi connectivity index (χ1v) is 6.71. The summed E-state index contributed by atoms with van der Waals surface area (Å²) < 4.78 is 1.91. The summed E-state index contributed by atoms with van der Waals surface area (Å²) in [6.07, 6.45) is 2.70. The SMILES string of the molecule is CCNC(c1cc(C)nnc1CC)c1ccnn1C. The summed E-state index contributed by atoms with van der Waals surface area (Å²) >= 11 is 0. The number of aromatic nitrogens is 4. The Balaban J connectivity index is 2.50. The van der Waals surface area contributed by atoms with E-state index < -0.39 is 0 Å². The second-order valence-electron chi connectivity index (χ2n) is 4.61. The Morgan fingerprint density at radius 1 is 1.32 bits per heavy atom. The van der Waals surface area contributed by atoms with Crippen LogP contribution in [-0.4, -0.2) is 26.5 Å². The third-order valence-electron chi connectivity index (χ3n) is 3.23. The smallest absolute Gasteiger partial charge is 0.0767 e. The van der Waals surface area contributed by atoms with Crippen molar-refractivity contribution in [3.05, 3.63) is 41.0 Å². The zero-order valence-electron chi connectivity index (χ0n) is 12.0. The fraction of sp³-hybridized carbons (Fsp3) is 0.500. The molecule has 0 saturated carbocycles. The van der Waals surface area contributed by atoms with E-state index in [0.717, 1.165) is 30.0 Å². The molecule has 102 valence electrons. The first-order valence-electron chi connectivity index (χ1n) is 6.71. The molecule has 19 heavy (non-hydrogen) atoms. The van der Waals surface area contributed by atoms with Crippen LogP contribution < -0.4 is 5.32 Å². The number of nitrogens with zero attached hydrogens (tertiary/aromatic N) is 4. The van der Waals surface area contributed by atoms with E-state index in [2.05, 4.69) is 40.5 Å². The van der Waals surface area contributed by atoms with Crippen LogP contribution in [0, 0.1) is 6.92 Å². The topological polar surface area (TPSA) is 55.6 Å². The van der Waals surface area contributed by atoms with Crippen molar-refractivity contribution in [3.63, 3.8) is 0 Å². The highest BCUT2D eigenvalue weighted by atomic mass is 15.3. The van der Waals surface area contributed by atoms with Gasteiger partial charge in [-0.2, -0.15) is 15.3 Å². The van der Waals surface area contributed by atoms with Crippen LogP contribution in [0.5, 0.6) is 0 Å². The molecular weight excluding hydrogens is 238 g/mol. The molecule has 0 radical (unpaired) electrons. The summed E-state index contributed by atoms with van der Waals surface area (Å²) in [5, 5.41) is 16.3. The molecule has 0 spiro atoms. The molecule has 2 rings (SSSR count). The predicted molar refractivity (Wildman–Crippen MR) is 74.9 cm³/mol. The van der Waals surface area contributed by atoms with Crippen molar-refractivity contribution in [1.82, 2.24) is 25.3 Å². The Bertz CT molecular complexity index is 547. The lowest BCUT2D eigenvalue weighted by Crippen LogP contribution is -2.26. The lowest BCUT2D eigenvalue weighted by Gasteiger charge is -2.20. The number of hydrogen-bond acceptors (Lipinski definition) is 4. The monoisotopic (exact) mass is 259 g/mol. The third-order valence-corrected chi connectivity index (χ3v) is 3.23. The van der Waals surface area contributed by atoms with Gasteiger partial charge in [0.2, 0.25) is 0 Å². The van der Waals surface area contributed by atoms with Crippen molar-refractivity contribution >= 4 is 0 Å². The second-order valence-corrected chi connectivity index (χ2v) is 4.61. The Morgan fingerprint density at radius 2 is 2.11 bits per heavy atom. The maximum absolute atomic E-state index is 4.32. The first kappa shape index (κ1) is 13.7. The second kappa shape index (κ2) is 5.93. The summed E-state index contributed by atoms with van der Waals surface area (Å²) in [5.74, 6) is 0. The minimum Gasteiger partial charge on any atom is -0.305 e. The normalized spacial score (nSPS) is 12.6.